The summed E-state index contributed by atoms with van der Waals surface area (Å²) >= 11 is 0. The summed E-state index contributed by atoms with van der Waals surface area (Å²) in [7, 11) is 0. The van der Waals surface area contributed by atoms with Crippen LogP contribution in [-0.2, 0) is 24.0 Å². The molecule has 0 radical (unpaired) electrons. The summed E-state index contributed by atoms with van der Waals surface area (Å²) in [5, 5.41) is 8.65. The Morgan fingerprint density at radius 3 is 2.25 bits per heavy atom. The second-order valence-corrected chi connectivity index (χ2v) is 3.01. The number of hydrogen-bond acceptors (Lipinski definition) is 5. The van der Waals surface area contributed by atoms with Gasteiger partial charge in [-0.2, -0.15) is 0 Å². The van der Waals surface area contributed by atoms with Gasteiger partial charge in [-0.15, -0.1) is 0 Å². The van der Waals surface area contributed by atoms with Crippen molar-refractivity contribution in [1.82, 2.24) is 5.06 Å². The van der Waals surface area contributed by atoms with Crippen LogP contribution in [0.2, 0.25) is 0 Å². The second-order valence-electron chi connectivity index (χ2n) is 3.01. The minimum atomic E-state index is -1.03. The zero-order valence-corrected chi connectivity index (χ0v) is 8.21. The van der Waals surface area contributed by atoms with Crippen molar-refractivity contribution in [3.63, 3.8) is 0 Å². The zero-order valence-electron chi connectivity index (χ0n) is 8.21. The van der Waals surface area contributed by atoms with Crippen LogP contribution in [0, 0.1) is 0 Å². The fourth-order valence-corrected chi connectivity index (χ4v) is 1.01. The molecular formula is C9H9NO6. The van der Waals surface area contributed by atoms with E-state index in [0.29, 0.717) is 5.06 Å². The van der Waals surface area contributed by atoms with E-state index in [2.05, 4.69) is 4.84 Å². The van der Waals surface area contributed by atoms with Crippen molar-refractivity contribution >= 4 is 23.8 Å². The molecule has 7 nitrogen and oxygen atoms in total. The van der Waals surface area contributed by atoms with Crippen molar-refractivity contribution < 1.29 is 29.1 Å². The molecule has 1 rings (SSSR count). The maximum Gasteiger partial charge on any atom is 0.333 e. The van der Waals surface area contributed by atoms with E-state index in [4.69, 9.17) is 5.11 Å². The van der Waals surface area contributed by atoms with Gasteiger partial charge in [-0.1, -0.05) is 5.06 Å². The van der Waals surface area contributed by atoms with Crippen LogP contribution in [0.25, 0.3) is 0 Å². The summed E-state index contributed by atoms with van der Waals surface area (Å²) in [5.41, 5.74) is 0. The number of nitrogens with zero attached hydrogens (tertiary/aromatic N) is 1. The van der Waals surface area contributed by atoms with Gasteiger partial charge in [0.1, 0.15) is 0 Å². The van der Waals surface area contributed by atoms with E-state index in [9.17, 15) is 19.2 Å². The number of hydroxylamine groups is 2. The number of aliphatic carboxylic acids is 1. The Labute approximate surface area is 90.2 Å². The summed E-state index contributed by atoms with van der Waals surface area (Å²) in [6.45, 7) is 0. The molecule has 1 heterocycles. The van der Waals surface area contributed by atoms with Crippen LogP contribution in [-0.4, -0.2) is 33.9 Å². The number of rotatable bonds is 5. The first-order valence-electron chi connectivity index (χ1n) is 4.49. The molecule has 0 aliphatic carbocycles. The van der Waals surface area contributed by atoms with Crippen LogP contribution in [0.15, 0.2) is 12.2 Å². The van der Waals surface area contributed by atoms with E-state index in [0.717, 1.165) is 12.2 Å². The lowest BCUT2D eigenvalue weighted by molar-refractivity contribution is -0.196. The Morgan fingerprint density at radius 2 is 1.75 bits per heavy atom. The molecule has 1 aliphatic heterocycles. The average Bonchev–Trinajstić information content (AvgIpc) is 2.49. The number of carbonyl (C=O) groups is 4. The van der Waals surface area contributed by atoms with Crippen molar-refractivity contribution in [2.45, 2.75) is 19.3 Å². The Hall–Kier alpha value is -2.18. The third-order valence-corrected chi connectivity index (χ3v) is 1.73. The molecule has 7 heteroatoms. The summed E-state index contributed by atoms with van der Waals surface area (Å²) in [6, 6.07) is 0. The average molecular weight is 227 g/mol. The third-order valence-electron chi connectivity index (χ3n) is 1.73. The molecule has 1 N–H and O–H groups in total. The Bertz CT molecular complexity index is 354. The number of amides is 2. The highest BCUT2D eigenvalue weighted by Crippen LogP contribution is 2.06. The van der Waals surface area contributed by atoms with E-state index in [1.54, 1.807) is 0 Å². The molecule has 86 valence electrons. The summed E-state index contributed by atoms with van der Waals surface area (Å²) in [6.07, 6.45) is 1.72. The van der Waals surface area contributed by atoms with E-state index >= 15 is 0 Å². The monoisotopic (exact) mass is 227 g/mol. The predicted octanol–water partition coefficient (Wildman–Crippen LogP) is -0.375. The molecule has 0 aromatic heterocycles. The maximum atomic E-state index is 11.1. The number of imide groups is 1. The lowest BCUT2D eigenvalue weighted by atomic mass is 10.2. The highest BCUT2D eigenvalue weighted by molar-refractivity contribution is 6.12. The van der Waals surface area contributed by atoms with Crippen molar-refractivity contribution in [3.05, 3.63) is 12.2 Å². The highest BCUT2D eigenvalue weighted by atomic mass is 16.7. The summed E-state index contributed by atoms with van der Waals surface area (Å²) in [4.78, 5) is 47.6. The molecule has 0 saturated carbocycles. The quantitative estimate of drug-likeness (QED) is 0.642. The first kappa shape index (κ1) is 11.9. The van der Waals surface area contributed by atoms with Gasteiger partial charge >= 0.3 is 11.9 Å². The molecule has 1 aliphatic rings. The Balaban J connectivity index is 2.32. The minimum Gasteiger partial charge on any atom is -0.481 e. The molecule has 0 aromatic carbocycles. The van der Waals surface area contributed by atoms with Crippen LogP contribution < -0.4 is 0 Å². The van der Waals surface area contributed by atoms with Gasteiger partial charge in [0.05, 0.1) is 0 Å². The summed E-state index contributed by atoms with van der Waals surface area (Å²) < 4.78 is 0. The molecule has 0 fully saturated rings. The molecular weight excluding hydrogens is 218 g/mol. The van der Waals surface area contributed by atoms with Crippen LogP contribution in [0.1, 0.15) is 19.3 Å². The largest absolute Gasteiger partial charge is 0.481 e. The van der Waals surface area contributed by atoms with E-state index in [1.807, 2.05) is 0 Å². The number of carboxylic acid groups (broad SMARTS) is 1. The zero-order chi connectivity index (χ0) is 12.1. The molecule has 0 saturated heterocycles. The number of hydrogen-bond donors (Lipinski definition) is 1. The van der Waals surface area contributed by atoms with Crippen molar-refractivity contribution in [3.8, 4) is 0 Å². The SMILES string of the molecule is O=C(O)CCCC(=O)ON1C(=O)C=CC1=O. The lowest BCUT2D eigenvalue weighted by Gasteiger charge is -2.11. The van der Waals surface area contributed by atoms with Gasteiger partial charge in [0.25, 0.3) is 11.8 Å². The second kappa shape index (κ2) is 5.06. The molecule has 16 heavy (non-hydrogen) atoms. The highest BCUT2D eigenvalue weighted by Gasteiger charge is 2.27. The van der Waals surface area contributed by atoms with E-state index in [1.165, 1.54) is 0 Å². The molecule has 0 aromatic rings. The number of carboxylic acids is 1. The van der Waals surface area contributed by atoms with E-state index in [-0.39, 0.29) is 19.3 Å². The Morgan fingerprint density at radius 1 is 1.19 bits per heavy atom. The first-order valence-corrected chi connectivity index (χ1v) is 4.49. The smallest absolute Gasteiger partial charge is 0.333 e. The van der Waals surface area contributed by atoms with Crippen molar-refractivity contribution in [2.24, 2.45) is 0 Å². The normalized spacial score (nSPS) is 14.4. The first-order chi connectivity index (χ1) is 7.50. The van der Waals surface area contributed by atoms with Gasteiger partial charge < -0.3 is 9.94 Å². The van der Waals surface area contributed by atoms with Crippen LogP contribution in [0.4, 0.5) is 0 Å². The minimum absolute atomic E-state index is 0.0951. The van der Waals surface area contributed by atoms with Gasteiger partial charge in [0, 0.05) is 25.0 Å². The van der Waals surface area contributed by atoms with Gasteiger partial charge in [-0.05, 0) is 6.42 Å². The molecule has 0 spiro atoms. The van der Waals surface area contributed by atoms with Gasteiger partial charge in [-0.3, -0.25) is 14.4 Å². The van der Waals surface area contributed by atoms with Crippen LogP contribution >= 0.6 is 0 Å². The third kappa shape index (κ3) is 3.19. The van der Waals surface area contributed by atoms with Crippen molar-refractivity contribution in [1.29, 1.82) is 0 Å². The molecule has 0 unspecified atom stereocenters. The fourth-order valence-electron chi connectivity index (χ4n) is 1.01. The van der Waals surface area contributed by atoms with Gasteiger partial charge in [0.2, 0.25) is 0 Å². The molecule has 0 bridgehead atoms. The van der Waals surface area contributed by atoms with E-state index < -0.39 is 23.8 Å². The molecule has 2 amide bonds. The maximum absolute atomic E-state index is 11.1. The predicted molar refractivity (Wildman–Crippen MR) is 48.6 cm³/mol. The van der Waals surface area contributed by atoms with Gasteiger partial charge in [-0.25, -0.2) is 4.79 Å². The van der Waals surface area contributed by atoms with Crippen LogP contribution in [0.3, 0.4) is 0 Å². The topological polar surface area (TPSA) is 101 Å². The van der Waals surface area contributed by atoms with Gasteiger partial charge in [0.15, 0.2) is 0 Å². The Kier molecular flexibility index (Phi) is 3.76. The summed E-state index contributed by atoms with van der Waals surface area (Å²) in [5.74, 6) is -3.29. The van der Waals surface area contributed by atoms with Crippen molar-refractivity contribution in [2.75, 3.05) is 0 Å². The standard InChI is InChI=1S/C9H9NO6/c11-6-4-5-7(12)10(6)16-9(15)3-1-2-8(13)14/h4-5H,1-3H2,(H,13,14). The molecule has 0 atom stereocenters. The lowest BCUT2D eigenvalue weighted by Crippen LogP contribution is -2.32. The fraction of sp³-hybridized carbons (Fsp3) is 0.333. The van der Waals surface area contributed by atoms with Crippen LogP contribution in [0.5, 0.6) is 0 Å². The number of carbonyl (C=O) groups excluding carboxylic acids is 3.